The molecular weight excluding hydrogens is 460 g/mol. The first kappa shape index (κ1) is 22.9. The Morgan fingerprint density at radius 3 is 2.64 bits per heavy atom. The molecule has 0 saturated carbocycles. The second-order valence-electron chi connectivity index (χ2n) is 7.22. The van der Waals surface area contributed by atoms with Gasteiger partial charge in [0.25, 0.3) is 0 Å². The summed E-state index contributed by atoms with van der Waals surface area (Å²) in [6.07, 6.45) is 0.308. The summed E-state index contributed by atoms with van der Waals surface area (Å²) in [5, 5.41) is 16.2. The molecule has 33 heavy (non-hydrogen) atoms. The topological polar surface area (TPSA) is 118 Å². The van der Waals surface area contributed by atoms with Gasteiger partial charge >= 0.3 is 0 Å². The van der Waals surface area contributed by atoms with Crippen molar-refractivity contribution in [2.24, 2.45) is 0 Å². The molecule has 2 N–H and O–H groups in total. The Kier molecular flexibility index (Phi) is 7.02. The number of hydrogen-bond donors (Lipinski definition) is 2. The van der Waals surface area contributed by atoms with Crippen LogP contribution >= 0.6 is 11.8 Å². The van der Waals surface area contributed by atoms with Crippen LogP contribution < -0.4 is 10.0 Å². The van der Waals surface area contributed by atoms with Gasteiger partial charge in [-0.3, -0.25) is 4.79 Å². The molecule has 0 unspecified atom stereocenters. The van der Waals surface area contributed by atoms with E-state index in [0.29, 0.717) is 22.9 Å². The molecule has 2 aromatic heterocycles. The van der Waals surface area contributed by atoms with Crippen molar-refractivity contribution in [2.75, 3.05) is 17.6 Å². The largest absolute Gasteiger partial charge is 0.325 e. The zero-order chi connectivity index (χ0) is 23.3. The molecule has 0 aliphatic heterocycles. The average molecular weight is 483 g/mol. The number of sulfonamides is 1. The number of rotatable bonds is 9. The Morgan fingerprint density at radius 1 is 1.03 bits per heavy atom. The molecule has 170 valence electrons. The summed E-state index contributed by atoms with van der Waals surface area (Å²) in [6.45, 7) is 2.11. The molecule has 4 aromatic rings. The van der Waals surface area contributed by atoms with Crippen molar-refractivity contribution in [1.82, 2.24) is 24.5 Å². The van der Waals surface area contributed by atoms with Crippen LogP contribution in [0.1, 0.15) is 11.4 Å². The van der Waals surface area contributed by atoms with Crippen LogP contribution in [0.3, 0.4) is 0 Å². The number of aromatic nitrogens is 4. The van der Waals surface area contributed by atoms with Crippen molar-refractivity contribution in [3.05, 3.63) is 78.1 Å². The number of aryl methyl sites for hydroxylation is 1. The second-order valence-corrected chi connectivity index (χ2v) is 9.99. The maximum atomic E-state index is 12.4. The number of amides is 1. The van der Waals surface area contributed by atoms with Crippen LogP contribution in [-0.4, -0.2) is 46.4 Å². The lowest BCUT2D eigenvalue weighted by Crippen LogP contribution is -2.26. The summed E-state index contributed by atoms with van der Waals surface area (Å²) in [6, 6.07) is 19.3. The standard InChI is InChI=1S/C22H22N6O3S2/c1-16-6-5-7-17(14-16)24-21(29)15-32-22-11-10-19-25-26-20(28(19)27-22)12-13-23-33(30,31)18-8-3-2-4-9-18/h2-11,14,23H,12-13,15H2,1H3,(H,24,29). The minimum atomic E-state index is -3.60. The zero-order valence-electron chi connectivity index (χ0n) is 17.8. The molecule has 0 aliphatic carbocycles. The molecule has 0 radical (unpaired) electrons. The summed E-state index contributed by atoms with van der Waals surface area (Å²) >= 11 is 1.29. The Bertz CT molecular complexity index is 1370. The highest BCUT2D eigenvalue weighted by Gasteiger charge is 2.14. The third-order valence-corrected chi connectivity index (χ3v) is 7.05. The van der Waals surface area contributed by atoms with Gasteiger partial charge in [0.1, 0.15) is 5.03 Å². The minimum absolute atomic E-state index is 0.133. The summed E-state index contributed by atoms with van der Waals surface area (Å²) in [5.41, 5.74) is 2.37. The lowest BCUT2D eigenvalue weighted by molar-refractivity contribution is -0.113. The van der Waals surface area contributed by atoms with Gasteiger partial charge in [0, 0.05) is 18.7 Å². The molecule has 0 bridgehead atoms. The third-order valence-electron chi connectivity index (χ3n) is 4.65. The van der Waals surface area contributed by atoms with Crippen LogP contribution in [0, 0.1) is 6.92 Å². The molecule has 9 nitrogen and oxygen atoms in total. The van der Waals surface area contributed by atoms with E-state index >= 15 is 0 Å². The van der Waals surface area contributed by atoms with Crippen molar-refractivity contribution in [2.45, 2.75) is 23.3 Å². The fourth-order valence-electron chi connectivity index (χ4n) is 3.09. The third kappa shape index (κ3) is 5.95. The van der Waals surface area contributed by atoms with Gasteiger partial charge in [-0.2, -0.15) is 9.61 Å². The molecule has 0 fully saturated rings. The first-order valence-electron chi connectivity index (χ1n) is 10.2. The summed E-state index contributed by atoms with van der Waals surface area (Å²) in [4.78, 5) is 12.5. The van der Waals surface area contributed by atoms with E-state index in [1.165, 1.54) is 23.9 Å². The quantitative estimate of drug-likeness (QED) is 0.352. The predicted octanol–water partition coefficient (Wildman–Crippen LogP) is 2.68. The summed E-state index contributed by atoms with van der Waals surface area (Å²) in [7, 11) is -3.60. The van der Waals surface area contributed by atoms with Crippen LogP contribution in [0.4, 0.5) is 5.69 Å². The Balaban J connectivity index is 1.36. The van der Waals surface area contributed by atoms with Crippen molar-refractivity contribution in [3.8, 4) is 0 Å². The number of thioether (sulfide) groups is 1. The molecule has 2 aromatic carbocycles. The van der Waals surface area contributed by atoms with Crippen molar-refractivity contribution < 1.29 is 13.2 Å². The van der Waals surface area contributed by atoms with Crippen LogP contribution in [-0.2, 0) is 21.2 Å². The Morgan fingerprint density at radius 2 is 1.85 bits per heavy atom. The van der Waals surface area contributed by atoms with Gasteiger partial charge < -0.3 is 5.32 Å². The van der Waals surface area contributed by atoms with Crippen LogP contribution in [0.15, 0.2) is 76.7 Å². The fourth-order valence-corrected chi connectivity index (χ4v) is 4.80. The monoisotopic (exact) mass is 482 g/mol. The Hall–Kier alpha value is -3.28. The number of benzene rings is 2. The predicted molar refractivity (Wildman–Crippen MR) is 127 cm³/mol. The lowest BCUT2D eigenvalue weighted by atomic mass is 10.2. The van der Waals surface area contributed by atoms with Gasteiger partial charge in [0.05, 0.1) is 10.6 Å². The van der Waals surface area contributed by atoms with Gasteiger partial charge in [-0.05, 0) is 48.9 Å². The van der Waals surface area contributed by atoms with E-state index in [0.717, 1.165) is 11.3 Å². The first-order valence-corrected chi connectivity index (χ1v) is 12.6. The number of carbonyl (C=O) groups excluding carboxylic acids is 1. The van der Waals surface area contributed by atoms with Gasteiger partial charge in [0.15, 0.2) is 11.5 Å². The smallest absolute Gasteiger partial charge is 0.240 e. The Labute approximate surface area is 195 Å². The first-order chi connectivity index (χ1) is 15.9. The van der Waals surface area contributed by atoms with Crippen LogP contribution in [0.5, 0.6) is 0 Å². The van der Waals surface area contributed by atoms with Crippen molar-refractivity contribution in [1.29, 1.82) is 0 Å². The minimum Gasteiger partial charge on any atom is -0.325 e. The normalized spacial score (nSPS) is 11.5. The molecule has 0 saturated heterocycles. The second kappa shape index (κ2) is 10.1. The fraction of sp³-hybridized carbons (Fsp3) is 0.182. The highest BCUT2D eigenvalue weighted by Crippen LogP contribution is 2.17. The molecule has 0 atom stereocenters. The number of nitrogens with one attached hydrogen (secondary N) is 2. The molecule has 4 rings (SSSR count). The summed E-state index contributed by atoms with van der Waals surface area (Å²) in [5.74, 6) is 0.583. The van der Waals surface area contributed by atoms with Gasteiger partial charge in [0.2, 0.25) is 15.9 Å². The van der Waals surface area contributed by atoms with Crippen LogP contribution in [0.2, 0.25) is 0 Å². The van der Waals surface area contributed by atoms with Gasteiger partial charge in [-0.25, -0.2) is 13.1 Å². The van der Waals surface area contributed by atoms with E-state index < -0.39 is 10.0 Å². The molecule has 0 aliphatic rings. The number of fused-ring (bicyclic) bond motifs is 1. The number of nitrogens with zero attached hydrogens (tertiary/aromatic N) is 4. The molecule has 2 heterocycles. The zero-order valence-corrected chi connectivity index (χ0v) is 19.4. The molecule has 1 amide bonds. The average Bonchev–Trinajstić information content (AvgIpc) is 3.20. The van der Waals surface area contributed by atoms with E-state index in [4.69, 9.17) is 0 Å². The van der Waals surface area contributed by atoms with E-state index in [1.807, 2.05) is 31.2 Å². The van der Waals surface area contributed by atoms with E-state index in [9.17, 15) is 13.2 Å². The SMILES string of the molecule is Cc1cccc(NC(=O)CSc2ccc3nnc(CCNS(=O)(=O)c4ccccc4)n3n2)c1. The number of carbonyl (C=O) groups is 1. The highest BCUT2D eigenvalue weighted by atomic mass is 32.2. The molecular formula is C22H22N6O3S2. The molecule has 11 heteroatoms. The lowest BCUT2D eigenvalue weighted by Gasteiger charge is -2.07. The highest BCUT2D eigenvalue weighted by molar-refractivity contribution is 7.99. The molecule has 0 spiro atoms. The van der Waals surface area contributed by atoms with E-state index in [2.05, 4.69) is 25.3 Å². The maximum Gasteiger partial charge on any atom is 0.240 e. The number of anilines is 1. The van der Waals surface area contributed by atoms with E-state index in [1.54, 1.807) is 34.8 Å². The maximum absolute atomic E-state index is 12.4. The van der Waals surface area contributed by atoms with Gasteiger partial charge in [-0.15, -0.1) is 10.2 Å². The van der Waals surface area contributed by atoms with Crippen molar-refractivity contribution >= 4 is 39.0 Å². The van der Waals surface area contributed by atoms with Crippen molar-refractivity contribution in [3.63, 3.8) is 0 Å². The van der Waals surface area contributed by atoms with E-state index in [-0.39, 0.29) is 23.1 Å². The summed E-state index contributed by atoms with van der Waals surface area (Å²) < 4.78 is 28.9. The van der Waals surface area contributed by atoms with Gasteiger partial charge in [-0.1, -0.05) is 42.1 Å². The number of hydrogen-bond acceptors (Lipinski definition) is 7. The van der Waals surface area contributed by atoms with Crippen LogP contribution in [0.25, 0.3) is 5.65 Å².